The fourth-order valence-corrected chi connectivity index (χ4v) is 4.77. The minimum absolute atomic E-state index is 0.454. The zero-order valence-corrected chi connectivity index (χ0v) is 14.6. The quantitative estimate of drug-likeness (QED) is 0.844. The average Bonchev–Trinajstić information content (AvgIpc) is 2.63. The Kier molecular flexibility index (Phi) is 4.68. The van der Waals surface area contributed by atoms with Crippen LogP contribution < -0.4 is 0 Å². The summed E-state index contributed by atoms with van der Waals surface area (Å²) >= 11 is 0. The molecule has 0 bridgehead atoms. The largest absolute Gasteiger partial charge is 0.303 e. The van der Waals surface area contributed by atoms with Gasteiger partial charge in [-0.15, -0.1) is 0 Å². The summed E-state index contributed by atoms with van der Waals surface area (Å²) in [6.07, 6.45) is 4.10. The van der Waals surface area contributed by atoms with E-state index in [1.54, 1.807) is 0 Å². The van der Waals surface area contributed by atoms with Gasteiger partial charge in [-0.3, -0.25) is 4.90 Å². The highest BCUT2D eigenvalue weighted by molar-refractivity contribution is 5.35. The van der Waals surface area contributed by atoms with Crippen molar-refractivity contribution in [3.05, 3.63) is 71.8 Å². The number of rotatable bonds is 3. The van der Waals surface area contributed by atoms with Crippen LogP contribution in [0.3, 0.4) is 0 Å². The van der Waals surface area contributed by atoms with Crippen molar-refractivity contribution < 1.29 is 0 Å². The second kappa shape index (κ2) is 7.08. The van der Waals surface area contributed by atoms with E-state index in [9.17, 15) is 0 Å². The molecule has 2 heteroatoms. The van der Waals surface area contributed by atoms with Gasteiger partial charge in [-0.1, -0.05) is 67.1 Å². The second-order valence-electron chi connectivity index (χ2n) is 7.48. The van der Waals surface area contributed by atoms with E-state index in [1.807, 2.05) is 0 Å². The van der Waals surface area contributed by atoms with Crippen LogP contribution in [0.15, 0.2) is 60.7 Å². The molecular formula is C22H28N2. The normalized spacial score (nSPS) is 25.6. The molecular weight excluding hydrogens is 292 g/mol. The molecule has 2 saturated heterocycles. The third kappa shape index (κ3) is 3.13. The Morgan fingerprint density at radius 2 is 1.46 bits per heavy atom. The number of benzene rings is 2. The van der Waals surface area contributed by atoms with Gasteiger partial charge < -0.3 is 4.90 Å². The van der Waals surface area contributed by atoms with Gasteiger partial charge >= 0.3 is 0 Å². The number of likely N-dealkylation sites (N-methyl/N-ethyl adjacent to an activating group) is 1. The van der Waals surface area contributed by atoms with Gasteiger partial charge in [-0.2, -0.15) is 0 Å². The maximum absolute atomic E-state index is 2.83. The van der Waals surface area contributed by atoms with Gasteiger partial charge in [0.2, 0.25) is 0 Å². The lowest BCUT2D eigenvalue weighted by Gasteiger charge is -2.51. The molecule has 24 heavy (non-hydrogen) atoms. The predicted molar refractivity (Wildman–Crippen MR) is 100 cm³/mol. The molecule has 2 aliphatic rings. The van der Waals surface area contributed by atoms with Crippen LogP contribution in [0.1, 0.15) is 36.3 Å². The molecule has 2 heterocycles. The van der Waals surface area contributed by atoms with E-state index < -0.39 is 0 Å². The SMILES string of the molecule is CN1CC2CCCCN2C(C(c2ccccc2)c2ccccc2)C1. The number of fused-ring (bicyclic) bond motifs is 1. The zero-order valence-electron chi connectivity index (χ0n) is 14.6. The Morgan fingerprint density at radius 1 is 0.833 bits per heavy atom. The molecule has 2 atom stereocenters. The summed E-state index contributed by atoms with van der Waals surface area (Å²) in [5.74, 6) is 0.454. The minimum atomic E-state index is 0.454. The summed E-state index contributed by atoms with van der Waals surface area (Å²) in [6, 6.07) is 23.5. The maximum Gasteiger partial charge on any atom is 0.0335 e. The monoisotopic (exact) mass is 320 g/mol. The highest BCUT2D eigenvalue weighted by Gasteiger charge is 2.39. The molecule has 2 unspecified atom stereocenters. The minimum Gasteiger partial charge on any atom is -0.303 e. The summed E-state index contributed by atoms with van der Waals surface area (Å²) in [4.78, 5) is 5.38. The van der Waals surface area contributed by atoms with Crippen LogP contribution in [0.25, 0.3) is 0 Å². The highest BCUT2D eigenvalue weighted by Crippen LogP contribution is 2.36. The van der Waals surface area contributed by atoms with Gasteiger partial charge in [0.05, 0.1) is 0 Å². The molecule has 0 N–H and O–H groups in total. The van der Waals surface area contributed by atoms with E-state index in [-0.39, 0.29) is 0 Å². The number of piperazine rings is 1. The number of piperidine rings is 1. The molecule has 2 aromatic rings. The molecule has 0 amide bonds. The molecule has 0 spiro atoms. The highest BCUT2D eigenvalue weighted by atomic mass is 15.3. The van der Waals surface area contributed by atoms with E-state index >= 15 is 0 Å². The molecule has 0 radical (unpaired) electrons. The Bertz CT molecular complexity index is 600. The molecule has 126 valence electrons. The Morgan fingerprint density at radius 3 is 2.08 bits per heavy atom. The van der Waals surface area contributed by atoms with Crippen molar-refractivity contribution in [2.75, 3.05) is 26.7 Å². The molecule has 2 nitrogen and oxygen atoms in total. The third-order valence-corrected chi connectivity index (χ3v) is 5.82. The van der Waals surface area contributed by atoms with Gasteiger partial charge in [0.15, 0.2) is 0 Å². The molecule has 0 aliphatic carbocycles. The van der Waals surface area contributed by atoms with Crippen molar-refractivity contribution in [2.45, 2.75) is 37.3 Å². The zero-order chi connectivity index (χ0) is 16.4. The first-order valence-corrected chi connectivity index (χ1v) is 9.37. The molecule has 4 rings (SSSR count). The Hall–Kier alpha value is -1.64. The smallest absolute Gasteiger partial charge is 0.0335 e. The summed E-state index contributed by atoms with van der Waals surface area (Å²) in [6.45, 7) is 3.65. The van der Waals surface area contributed by atoms with Gasteiger partial charge in [0.25, 0.3) is 0 Å². The van der Waals surface area contributed by atoms with Crippen molar-refractivity contribution in [2.24, 2.45) is 0 Å². The lowest BCUT2D eigenvalue weighted by atomic mass is 9.81. The average molecular weight is 320 g/mol. The number of hydrogen-bond donors (Lipinski definition) is 0. The van der Waals surface area contributed by atoms with E-state index in [0.717, 1.165) is 12.6 Å². The van der Waals surface area contributed by atoms with E-state index in [4.69, 9.17) is 0 Å². The third-order valence-electron chi connectivity index (χ3n) is 5.82. The van der Waals surface area contributed by atoms with Gasteiger partial charge in [0, 0.05) is 31.1 Å². The first-order chi connectivity index (χ1) is 11.8. The van der Waals surface area contributed by atoms with Crippen LogP contribution in [0.4, 0.5) is 0 Å². The number of hydrogen-bond acceptors (Lipinski definition) is 2. The summed E-state index contributed by atoms with van der Waals surface area (Å²) < 4.78 is 0. The van der Waals surface area contributed by atoms with Gasteiger partial charge in [0.1, 0.15) is 0 Å². The van der Waals surface area contributed by atoms with Crippen molar-refractivity contribution in [3.8, 4) is 0 Å². The Balaban J connectivity index is 1.74. The first-order valence-electron chi connectivity index (χ1n) is 9.37. The summed E-state index contributed by atoms with van der Waals surface area (Å²) in [7, 11) is 2.30. The Labute approximate surface area is 146 Å². The topological polar surface area (TPSA) is 6.48 Å². The fourth-order valence-electron chi connectivity index (χ4n) is 4.77. The fraction of sp³-hybridized carbons (Fsp3) is 0.455. The molecule has 2 aromatic carbocycles. The standard InChI is InChI=1S/C22H28N2/c1-23-16-20-14-8-9-15-24(20)21(17-23)22(18-10-4-2-5-11-18)19-12-6-3-7-13-19/h2-7,10-13,20-22H,8-9,14-17H2,1H3. The second-order valence-corrected chi connectivity index (χ2v) is 7.48. The van der Waals surface area contributed by atoms with Gasteiger partial charge in [-0.05, 0) is 37.6 Å². The molecule has 0 saturated carbocycles. The van der Waals surface area contributed by atoms with E-state index in [1.165, 1.54) is 43.5 Å². The lowest BCUT2D eigenvalue weighted by molar-refractivity contribution is 0.00554. The van der Waals surface area contributed by atoms with Crippen molar-refractivity contribution >= 4 is 0 Å². The molecule has 2 fully saturated rings. The van der Waals surface area contributed by atoms with Crippen LogP contribution in [0.5, 0.6) is 0 Å². The van der Waals surface area contributed by atoms with Crippen LogP contribution in [-0.4, -0.2) is 48.6 Å². The summed E-state index contributed by atoms with van der Waals surface area (Å²) in [5, 5.41) is 0. The first kappa shape index (κ1) is 15.9. The summed E-state index contributed by atoms with van der Waals surface area (Å²) in [5.41, 5.74) is 2.90. The van der Waals surface area contributed by atoms with Crippen molar-refractivity contribution in [1.29, 1.82) is 0 Å². The molecule has 2 aliphatic heterocycles. The van der Waals surface area contributed by atoms with E-state index in [2.05, 4.69) is 77.5 Å². The van der Waals surface area contributed by atoms with Crippen LogP contribution in [0, 0.1) is 0 Å². The van der Waals surface area contributed by atoms with E-state index in [0.29, 0.717) is 12.0 Å². The van der Waals surface area contributed by atoms with Crippen LogP contribution >= 0.6 is 0 Å². The lowest BCUT2D eigenvalue weighted by Crippen LogP contribution is -2.61. The maximum atomic E-state index is 2.83. The van der Waals surface area contributed by atoms with Crippen LogP contribution in [0.2, 0.25) is 0 Å². The predicted octanol–water partition coefficient (Wildman–Crippen LogP) is 3.99. The molecule has 0 aromatic heterocycles. The van der Waals surface area contributed by atoms with Crippen LogP contribution in [-0.2, 0) is 0 Å². The number of nitrogens with zero attached hydrogens (tertiary/aromatic N) is 2. The van der Waals surface area contributed by atoms with Crippen molar-refractivity contribution in [3.63, 3.8) is 0 Å². The van der Waals surface area contributed by atoms with Crippen molar-refractivity contribution in [1.82, 2.24) is 9.80 Å². The van der Waals surface area contributed by atoms with Gasteiger partial charge in [-0.25, -0.2) is 0 Å².